The highest BCUT2D eigenvalue weighted by Gasteiger charge is 2.18. The van der Waals surface area contributed by atoms with Gasteiger partial charge in [0, 0.05) is 48.1 Å². The van der Waals surface area contributed by atoms with Crippen LogP contribution in [0.25, 0.3) is 5.69 Å². The molecular weight excluding hydrogens is 318 g/mol. The molecule has 2 aromatic rings. The van der Waals surface area contributed by atoms with E-state index in [1.807, 2.05) is 4.90 Å². The lowest BCUT2D eigenvalue weighted by atomic mass is 10.3. The summed E-state index contributed by atoms with van der Waals surface area (Å²) in [5.41, 5.74) is 3.64. The van der Waals surface area contributed by atoms with E-state index in [1.165, 1.54) is 17.1 Å². The van der Waals surface area contributed by atoms with Crippen LogP contribution in [0.2, 0.25) is 0 Å². The smallest absolute Gasteiger partial charge is 0.233 e. The third kappa shape index (κ3) is 3.84. The number of piperazine rings is 1. The SMILES string of the molecule is Cc1ccc(C)n1-c1ccc(SCC(=O)N2CCN(C)CC2)cc1. The third-order valence-electron chi connectivity index (χ3n) is 4.58. The Kier molecular flexibility index (Phi) is 5.31. The first kappa shape index (κ1) is 17.1. The fourth-order valence-corrected chi connectivity index (χ4v) is 3.86. The minimum atomic E-state index is 0.245. The van der Waals surface area contributed by atoms with E-state index in [1.54, 1.807) is 11.8 Å². The van der Waals surface area contributed by atoms with Crippen LogP contribution in [0.5, 0.6) is 0 Å². The topological polar surface area (TPSA) is 28.5 Å². The molecule has 1 aliphatic rings. The second kappa shape index (κ2) is 7.45. The maximum absolute atomic E-state index is 12.3. The number of hydrogen-bond acceptors (Lipinski definition) is 3. The molecular formula is C19H25N3OS. The Morgan fingerprint density at radius 2 is 1.54 bits per heavy atom. The third-order valence-corrected chi connectivity index (χ3v) is 5.58. The van der Waals surface area contributed by atoms with Gasteiger partial charge in [-0.1, -0.05) is 0 Å². The average Bonchev–Trinajstić information content (AvgIpc) is 2.92. The normalized spacial score (nSPS) is 15.7. The zero-order valence-corrected chi connectivity index (χ0v) is 15.5. The molecule has 0 saturated carbocycles. The van der Waals surface area contributed by atoms with E-state index in [2.05, 4.69) is 66.8 Å². The van der Waals surface area contributed by atoms with Gasteiger partial charge >= 0.3 is 0 Å². The predicted octanol–water partition coefficient (Wildman–Crippen LogP) is 2.96. The minimum Gasteiger partial charge on any atom is -0.339 e. The Morgan fingerprint density at radius 1 is 0.958 bits per heavy atom. The van der Waals surface area contributed by atoms with Crippen LogP contribution >= 0.6 is 11.8 Å². The summed E-state index contributed by atoms with van der Waals surface area (Å²) in [6.07, 6.45) is 0. The molecule has 1 aliphatic heterocycles. The van der Waals surface area contributed by atoms with Crippen LogP contribution < -0.4 is 0 Å². The Labute approximate surface area is 148 Å². The summed E-state index contributed by atoms with van der Waals surface area (Å²) in [6, 6.07) is 12.7. The van der Waals surface area contributed by atoms with Crippen molar-refractivity contribution in [3.8, 4) is 5.69 Å². The van der Waals surface area contributed by atoms with E-state index >= 15 is 0 Å². The van der Waals surface area contributed by atoms with Gasteiger partial charge < -0.3 is 14.4 Å². The molecule has 24 heavy (non-hydrogen) atoms. The molecule has 5 heteroatoms. The number of amides is 1. The van der Waals surface area contributed by atoms with Gasteiger partial charge in [-0.2, -0.15) is 0 Å². The van der Waals surface area contributed by atoms with Crippen molar-refractivity contribution in [2.45, 2.75) is 18.7 Å². The summed E-state index contributed by atoms with van der Waals surface area (Å²) in [4.78, 5) is 17.7. The van der Waals surface area contributed by atoms with Crippen molar-refractivity contribution in [1.82, 2.24) is 14.4 Å². The first-order valence-electron chi connectivity index (χ1n) is 8.39. The van der Waals surface area contributed by atoms with E-state index in [9.17, 15) is 4.79 Å². The standard InChI is InChI=1S/C19H25N3OS/c1-15-4-5-16(2)22(15)17-6-8-18(9-7-17)24-14-19(23)21-12-10-20(3)11-13-21/h4-9H,10-14H2,1-3H3. The maximum atomic E-state index is 12.3. The van der Waals surface area contributed by atoms with Gasteiger partial charge in [0.05, 0.1) is 5.75 Å². The lowest BCUT2D eigenvalue weighted by molar-refractivity contribution is -0.129. The number of hydrogen-bond donors (Lipinski definition) is 0. The van der Waals surface area contributed by atoms with Gasteiger partial charge in [-0.15, -0.1) is 11.8 Å². The molecule has 0 atom stereocenters. The van der Waals surface area contributed by atoms with Crippen LogP contribution in [0, 0.1) is 13.8 Å². The van der Waals surface area contributed by atoms with Crippen molar-refractivity contribution >= 4 is 17.7 Å². The van der Waals surface area contributed by atoms with Crippen molar-refractivity contribution in [1.29, 1.82) is 0 Å². The molecule has 0 spiro atoms. The molecule has 1 fully saturated rings. The number of benzene rings is 1. The zero-order chi connectivity index (χ0) is 17.1. The first-order chi connectivity index (χ1) is 11.5. The average molecular weight is 343 g/mol. The first-order valence-corrected chi connectivity index (χ1v) is 9.37. The van der Waals surface area contributed by atoms with E-state index < -0.39 is 0 Å². The summed E-state index contributed by atoms with van der Waals surface area (Å²) in [5, 5.41) is 0. The fraction of sp³-hybridized carbons (Fsp3) is 0.421. The summed E-state index contributed by atoms with van der Waals surface area (Å²) in [5.74, 6) is 0.763. The highest BCUT2D eigenvalue weighted by atomic mass is 32.2. The number of carbonyl (C=O) groups is 1. The quantitative estimate of drug-likeness (QED) is 0.799. The number of likely N-dealkylation sites (N-methyl/N-ethyl adjacent to an activating group) is 1. The van der Waals surface area contributed by atoms with Crippen LogP contribution in [-0.4, -0.2) is 59.3 Å². The van der Waals surface area contributed by atoms with E-state index in [4.69, 9.17) is 0 Å². The summed E-state index contributed by atoms with van der Waals surface area (Å²) < 4.78 is 2.24. The number of aromatic nitrogens is 1. The molecule has 1 aromatic heterocycles. The van der Waals surface area contributed by atoms with Gasteiger partial charge in [-0.3, -0.25) is 4.79 Å². The molecule has 0 N–H and O–H groups in total. The van der Waals surface area contributed by atoms with Gasteiger partial charge in [0.1, 0.15) is 0 Å². The van der Waals surface area contributed by atoms with Gasteiger partial charge in [0.2, 0.25) is 5.91 Å². The van der Waals surface area contributed by atoms with Gasteiger partial charge in [-0.25, -0.2) is 0 Å². The Hall–Kier alpha value is -1.72. The van der Waals surface area contributed by atoms with Crippen LogP contribution in [-0.2, 0) is 4.79 Å². The number of thioether (sulfide) groups is 1. The molecule has 1 aromatic carbocycles. The van der Waals surface area contributed by atoms with E-state index in [-0.39, 0.29) is 5.91 Å². The van der Waals surface area contributed by atoms with E-state index in [0.717, 1.165) is 31.1 Å². The molecule has 0 bridgehead atoms. The lowest BCUT2D eigenvalue weighted by Gasteiger charge is -2.32. The van der Waals surface area contributed by atoms with Crippen LogP contribution in [0.1, 0.15) is 11.4 Å². The molecule has 0 aliphatic carbocycles. The molecule has 1 saturated heterocycles. The van der Waals surface area contributed by atoms with Crippen molar-refractivity contribution in [3.63, 3.8) is 0 Å². The molecule has 4 nitrogen and oxygen atoms in total. The van der Waals surface area contributed by atoms with Crippen molar-refractivity contribution in [2.75, 3.05) is 39.0 Å². The molecule has 1 amide bonds. The van der Waals surface area contributed by atoms with Crippen LogP contribution in [0.4, 0.5) is 0 Å². The Bertz CT molecular complexity index is 680. The molecule has 128 valence electrons. The monoisotopic (exact) mass is 343 g/mol. The zero-order valence-electron chi connectivity index (χ0n) is 14.7. The number of aryl methyl sites for hydroxylation is 2. The lowest BCUT2D eigenvalue weighted by Crippen LogP contribution is -2.47. The fourth-order valence-electron chi connectivity index (χ4n) is 3.06. The molecule has 2 heterocycles. The summed E-state index contributed by atoms with van der Waals surface area (Å²) >= 11 is 1.62. The Balaban J connectivity index is 1.58. The summed E-state index contributed by atoms with van der Waals surface area (Å²) in [6.45, 7) is 7.87. The predicted molar refractivity (Wildman–Crippen MR) is 100 cm³/mol. The van der Waals surface area contributed by atoms with Crippen molar-refractivity contribution in [3.05, 3.63) is 47.8 Å². The Morgan fingerprint density at radius 3 is 2.12 bits per heavy atom. The molecule has 3 rings (SSSR count). The second-order valence-corrected chi connectivity index (χ2v) is 7.47. The number of rotatable bonds is 4. The summed E-state index contributed by atoms with van der Waals surface area (Å²) in [7, 11) is 2.10. The highest BCUT2D eigenvalue weighted by molar-refractivity contribution is 8.00. The molecule has 0 unspecified atom stereocenters. The second-order valence-electron chi connectivity index (χ2n) is 6.42. The van der Waals surface area contributed by atoms with Crippen molar-refractivity contribution < 1.29 is 4.79 Å². The minimum absolute atomic E-state index is 0.245. The van der Waals surface area contributed by atoms with Gasteiger partial charge in [-0.05, 0) is 57.3 Å². The highest BCUT2D eigenvalue weighted by Crippen LogP contribution is 2.22. The van der Waals surface area contributed by atoms with Gasteiger partial charge in [0.25, 0.3) is 0 Å². The van der Waals surface area contributed by atoms with Crippen molar-refractivity contribution in [2.24, 2.45) is 0 Å². The number of carbonyl (C=O) groups excluding carboxylic acids is 1. The van der Waals surface area contributed by atoms with Gasteiger partial charge in [0.15, 0.2) is 0 Å². The van der Waals surface area contributed by atoms with Crippen LogP contribution in [0.3, 0.4) is 0 Å². The number of nitrogens with zero attached hydrogens (tertiary/aromatic N) is 3. The maximum Gasteiger partial charge on any atom is 0.233 e. The molecule has 0 radical (unpaired) electrons. The van der Waals surface area contributed by atoms with Crippen LogP contribution in [0.15, 0.2) is 41.3 Å². The van der Waals surface area contributed by atoms with E-state index in [0.29, 0.717) is 5.75 Å². The largest absolute Gasteiger partial charge is 0.339 e.